The molecule has 1 aromatic rings. The SMILES string of the molecule is CNCCc1cc(F)cc(F)c1Cl. The van der Waals surface area contributed by atoms with Gasteiger partial charge < -0.3 is 5.32 Å². The number of benzene rings is 1. The maximum absolute atomic E-state index is 12.9. The van der Waals surface area contributed by atoms with Crippen molar-refractivity contribution in [3.8, 4) is 0 Å². The molecule has 13 heavy (non-hydrogen) atoms. The Bertz CT molecular complexity index is 302. The molecule has 1 nitrogen and oxygen atoms in total. The van der Waals surface area contributed by atoms with E-state index in [1.165, 1.54) is 6.07 Å². The summed E-state index contributed by atoms with van der Waals surface area (Å²) in [6, 6.07) is 2.04. The minimum atomic E-state index is -0.701. The van der Waals surface area contributed by atoms with Crippen molar-refractivity contribution in [2.45, 2.75) is 6.42 Å². The van der Waals surface area contributed by atoms with Crippen LogP contribution in [0.1, 0.15) is 5.56 Å². The van der Waals surface area contributed by atoms with E-state index in [2.05, 4.69) is 5.32 Å². The average molecular weight is 206 g/mol. The highest BCUT2D eigenvalue weighted by atomic mass is 35.5. The lowest BCUT2D eigenvalue weighted by atomic mass is 10.1. The van der Waals surface area contributed by atoms with Gasteiger partial charge in [0.25, 0.3) is 0 Å². The van der Waals surface area contributed by atoms with Crippen molar-refractivity contribution >= 4 is 11.6 Å². The van der Waals surface area contributed by atoms with Crippen molar-refractivity contribution in [3.63, 3.8) is 0 Å². The zero-order valence-corrected chi connectivity index (χ0v) is 7.96. The smallest absolute Gasteiger partial charge is 0.144 e. The maximum Gasteiger partial charge on any atom is 0.144 e. The van der Waals surface area contributed by atoms with Gasteiger partial charge in [-0.25, -0.2) is 8.78 Å². The van der Waals surface area contributed by atoms with Crippen LogP contribution < -0.4 is 5.32 Å². The van der Waals surface area contributed by atoms with Gasteiger partial charge in [-0.05, 0) is 31.6 Å². The van der Waals surface area contributed by atoms with Crippen molar-refractivity contribution in [3.05, 3.63) is 34.4 Å². The zero-order chi connectivity index (χ0) is 9.84. The van der Waals surface area contributed by atoms with Gasteiger partial charge in [0.2, 0.25) is 0 Å². The lowest BCUT2D eigenvalue weighted by Gasteiger charge is -2.04. The Morgan fingerprint density at radius 3 is 2.69 bits per heavy atom. The molecule has 0 radical (unpaired) electrons. The highest BCUT2D eigenvalue weighted by molar-refractivity contribution is 6.31. The Hall–Kier alpha value is -0.670. The fourth-order valence-corrected chi connectivity index (χ4v) is 1.25. The monoisotopic (exact) mass is 205 g/mol. The summed E-state index contributed by atoms with van der Waals surface area (Å²) in [4.78, 5) is 0. The second-order valence-corrected chi connectivity index (χ2v) is 3.09. The average Bonchev–Trinajstić information content (AvgIpc) is 2.09. The summed E-state index contributed by atoms with van der Waals surface area (Å²) in [5.41, 5.74) is 0.494. The van der Waals surface area contributed by atoms with Crippen molar-refractivity contribution in [1.29, 1.82) is 0 Å². The van der Waals surface area contributed by atoms with Crippen molar-refractivity contribution in [2.24, 2.45) is 0 Å². The van der Waals surface area contributed by atoms with Gasteiger partial charge in [0.1, 0.15) is 11.6 Å². The lowest BCUT2D eigenvalue weighted by Crippen LogP contribution is -2.11. The van der Waals surface area contributed by atoms with E-state index in [9.17, 15) is 8.78 Å². The van der Waals surface area contributed by atoms with Gasteiger partial charge in [-0.15, -0.1) is 0 Å². The van der Waals surface area contributed by atoms with Crippen LogP contribution in [0.5, 0.6) is 0 Å². The van der Waals surface area contributed by atoms with Crippen LogP contribution in [-0.2, 0) is 6.42 Å². The molecular formula is C9H10ClF2N. The first-order chi connectivity index (χ1) is 6.15. The van der Waals surface area contributed by atoms with Crippen LogP contribution in [0.3, 0.4) is 0 Å². The molecule has 72 valence electrons. The van der Waals surface area contributed by atoms with E-state index in [1.54, 1.807) is 7.05 Å². The van der Waals surface area contributed by atoms with Gasteiger partial charge in [0, 0.05) is 6.07 Å². The van der Waals surface area contributed by atoms with Crippen molar-refractivity contribution in [2.75, 3.05) is 13.6 Å². The van der Waals surface area contributed by atoms with E-state index in [0.29, 0.717) is 18.5 Å². The number of likely N-dealkylation sites (N-methyl/N-ethyl adjacent to an activating group) is 1. The molecular weight excluding hydrogens is 196 g/mol. The van der Waals surface area contributed by atoms with Crippen LogP contribution in [0, 0.1) is 11.6 Å². The standard InChI is InChI=1S/C9H10ClF2N/c1-13-3-2-6-4-7(11)5-8(12)9(6)10/h4-5,13H,2-3H2,1H3. The van der Waals surface area contributed by atoms with E-state index >= 15 is 0 Å². The first-order valence-electron chi connectivity index (χ1n) is 3.93. The lowest BCUT2D eigenvalue weighted by molar-refractivity contribution is 0.579. The van der Waals surface area contributed by atoms with E-state index in [1.807, 2.05) is 0 Å². The molecule has 4 heteroatoms. The molecule has 0 aliphatic rings. The predicted molar refractivity (Wildman–Crippen MR) is 49.0 cm³/mol. The molecule has 0 spiro atoms. The van der Waals surface area contributed by atoms with Crippen LogP contribution in [0.15, 0.2) is 12.1 Å². The molecule has 0 saturated heterocycles. The van der Waals surface area contributed by atoms with Crippen LogP contribution >= 0.6 is 11.6 Å². The molecule has 1 aromatic carbocycles. The Kier molecular flexibility index (Phi) is 3.63. The molecule has 0 bridgehead atoms. The zero-order valence-electron chi connectivity index (χ0n) is 7.20. The molecule has 0 aliphatic heterocycles. The fourth-order valence-electron chi connectivity index (χ4n) is 1.05. The topological polar surface area (TPSA) is 12.0 Å². The van der Waals surface area contributed by atoms with Crippen LogP contribution in [-0.4, -0.2) is 13.6 Å². The number of nitrogens with one attached hydrogen (secondary N) is 1. The molecule has 0 unspecified atom stereocenters. The Morgan fingerprint density at radius 1 is 1.38 bits per heavy atom. The quantitative estimate of drug-likeness (QED) is 0.748. The molecule has 1 rings (SSSR count). The molecule has 0 aromatic heterocycles. The van der Waals surface area contributed by atoms with Crippen LogP contribution in [0.2, 0.25) is 5.02 Å². The second-order valence-electron chi connectivity index (χ2n) is 2.71. The summed E-state index contributed by atoms with van der Waals surface area (Å²) in [6.45, 7) is 0.641. The van der Waals surface area contributed by atoms with Crippen molar-refractivity contribution < 1.29 is 8.78 Å². The van der Waals surface area contributed by atoms with Crippen LogP contribution in [0.4, 0.5) is 8.78 Å². The third-order valence-corrected chi connectivity index (χ3v) is 2.14. The van der Waals surface area contributed by atoms with E-state index < -0.39 is 11.6 Å². The number of halogens is 3. The summed E-state index contributed by atoms with van der Waals surface area (Å²) in [5, 5.41) is 2.89. The molecule has 0 aliphatic carbocycles. The third-order valence-electron chi connectivity index (χ3n) is 1.71. The molecule has 1 N–H and O–H groups in total. The van der Waals surface area contributed by atoms with E-state index in [0.717, 1.165) is 6.07 Å². The van der Waals surface area contributed by atoms with Gasteiger partial charge in [0.05, 0.1) is 5.02 Å². The summed E-state index contributed by atoms with van der Waals surface area (Å²) in [5.74, 6) is -1.29. The summed E-state index contributed by atoms with van der Waals surface area (Å²) in [7, 11) is 1.77. The second kappa shape index (κ2) is 4.53. The van der Waals surface area contributed by atoms with E-state index in [-0.39, 0.29) is 5.02 Å². The highest BCUT2D eigenvalue weighted by Crippen LogP contribution is 2.21. The van der Waals surface area contributed by atoms with Gasteiger partial charge in [-0.2, -0.15) is 0 Å². The largest absolute Gasteiger partial charge is 0.319 e. The predicted octanol–water partition coefficient (Wildman–Crippen LogP) is 2.38. The first kappa shape index (κ1) is 10.4. The minimum absolute atomic E-state index is 0.0108. The van der Waals surface area contributed by atoms with E-state index in [4.69, 9.17) is 11.6 Å². The maximum atomic E-state index is 12.9. The normalized spacial score (nSPS) is 10.5. The van der Waals surface area contributed by atoms with Gasteiger partial charge in [0.15, 0.2) is 0 Å². The van der Waals surface area contributed by atoms with Gasteiger partial charge in [-0.1, -0.05) is 11.6 Å². The summed E-state index contributed by atoms with van der Waals surface area (Å²) >= 11 is 5.63. The summed E-state index contributed by atoms with van der Waals surface area (Å²) in [6.07, 6.45) is 0.518. The number of rotatable bonds is 3. The van der Waals surface area contributed by atoms with Gasteiger partial charge in [-0.3, -0.25) is 0 Å². The highest BCUT2D eigenvalue weighted by Gasteiger charge is 2.08. The molecule has 0 amide bonds. The Balaban J connectivity index is 2.92. The first-order valence-corrected chi connectivity index (χ1v) is 4.31. The molecule has 0 heterocycles. The third kappa shape index (κ3) is 2.64. The van der Waals surface area contributed by atoms with Crippen LogP contribution in [0.25, 0.3) is 0 Å². The number of hydrogen-bond donors (Lipinski definition) is 1. The molecule has 0 fully saturated rings. The Morgan fingerprint density at radius 2 is 2.08 bits per heavy atom. The van der Waals surface area contributed by atoms with Crippen molar-refractivity contribution in [1.82, 2.24) is 5.32 Å². The molecule has 0 atom stereocenters. The fraction of sp³-hybridized carbons (Fsp3) is 0.333. The Labute approximate surface area is 80.7 Å². The van der Waals surface area contributed by atoms with Gasteiger partial charge >= 0.3 is 0 Å². The number of hydrogen-bond acceptors (Lipinski definition) is 1. The molecule has 0 saturated carbocycles. The summed E-state index contributed by atoms with van der Waals surface area (Å²) < 4.78 is 25.6. The minimum Gasteiger partial charge on any atom is -0.319 e.